The van der Waals surface area contributed by atoms with Crippen LogP contribution in [0.5, 0.6) is 0 Å². The van der Waals surface area contributed by atoms with Crippen LogP contribution in [-0.4, -0.2) is 0 Å². The Balaban J connectivity index is 1.29. The zero-order valence-corrected chi connectivity index (χ0v) is 21.2. The van der Waals surface area contributed by atoms with Crippen molar-refractivity contribution in [3.63, 3.8) is 0 Å². The first kappa shape index (κ1) is 20.6. The third kappa shape index (κ3) is 3.08. The summed E-state index contributed by atoms with van der Waals surface area (Å²) < 4.78 is 1.38. The lowest BCUT2D eigenvalue weighted by molar-refractivity contribution is 0.952. The Morgan fingerprint density at radius 2 is 1.17 bits per heavy atom. The van der Waals surface area contributed by atoms with Gasteiger partial charge in [0.25, 0.3) is 0 Å². The van der Waals surface area contributed by atoms with E-state index in [1.165, 1.54) is 68.9 Å². The minimum atomic E-state index is 0.505. The number of benzene rings is 6. The Morgan fingerprint density at radius 3 is 1.97 bits per heavy atom. The maximum atomic E-state index is 2.37. The smallest absolute Gasteiger partial charge is 0.0428 e. The molecule has 8 rings (SSSR count). The lowest BCUT2D eigenvalue weighted by atomic mass is 9.94. The Bertz CT molecular complexity index is 1930. The van der Waals surface area contributed by atoms with Gasteiger partial charge in [-0.25, -0.2) is 0 Å². The number of hydrogen-bond acceptors (Lipinski definition) is 2. The third-order valence-corrected chi connectivity index (χ3v) is 10.3. The van der Waals surface area contributed by atoms with Gasteiger partial charge in [-0.15, -0.1) is 23.1 Å². The third-order valence-electron chi connectivity index (χ3n) is 7.60. The Morgan fingerprint density at radius 1 is 0.556 bits per heavy atom. The summed E-state index contributed by atoms with van der Waals surface area (Å²) in [6.45, 7) is 0. The topological polar surface area (TPSA) is 0 Å². The molecule has 6 aromatic carbocycles. The van der Waals surface area contributed by atoms with Crippen molar-refractivity contribution >= 4 is 65.5 Å². The molecule has 1 aromatic heterocycles. The Kier molecular flexibility index (Phi) is 4.55. The van der Waals surface area contributed by atoms with Gasteiger partial charge in [0.05, 0.1) is 0 Å². The molecule has 0 amide bonds. The fourth-order valence-electron chi connectivity index (χ4n) is 5.83. The lowest BCUT2D eigenvalue weighted by Crippen LogP contribution is -1.91. The molecule has 0 radical (unpaired) electrons. The molecule has 0 saturated heterocycles. The van der Waals surface area contributed by atoms with Crippen molar-refractivity contribution in [1.82, 2.24) is 0 Å². The van der Waals surface area contributed by atoms with Crippen molar-refractivity contribution in [2.75, 3.05) is 0 Å². The number of fused-ring (bicyclic) bond motifs is 9. The summed E-state index contributed by atoms with van der Waals surface area (Å²) in [6.07, 6.45) is 1.11. The quantitative estimate of drug-likeness (QED) is 0.215. The number of hydrogen-bond donors (Lipinski definition) is 0. The minimum Gasteiger partial charge on any atom is -0.135 e. The largest absolute Gasteiger partial charge is 0.135 e. The molecular weight excluding hydrogens is 473 g/mol. The standard InChI is InChI=1S/C34H22S2/c1-3-7-21(8-4-1)31-19-23-11-13-27-25-16-18-30-28(26(25)15-17-29(27)33(23)35-31)14-12-24-20-32(36-34(24)30)22-9-5-2-6-10-22/h1-19,32H,20H2. The molecule has 0 nitrogen and oxygen atoms in total. The highest BCUT2D eigenvalue weighted by atomic mass is 32.2. The second kappa shape index (κ2) is 7.96. The molecule has 170 valence electrons. The molecule has 0 saturated carbocycles. The van der Waals surface area contributed by atoms with Gasteiger partial charge < -0.3 is 0 Å². The van der Waals surface area contributed by atoms with Gasteiger partial charge in [0, 0.05) is 25.1 Å². The van der Waals surface area contributed by atoms with E-state index in [9.17, 15) is 0 Å². The molecule has 1 aliphatic rings. The number of thioether (sulfide) groups is 1. The highest BCUT2D eigenvalue weighted by Crippen LogP contribution is 2.50. The van der Waals surface area contributed by atoms with Gasteiger partial charge in [-0.3, -0.25) is 0 Å². The van der Waals surface area contributed by atoms with Crippen molar-refractivity contribution in [1.29, 1.82) is 0 Å². The van der Waals surface area contributed by atoms with Crippen molar-refractivity contribution in [2.45, 2.75) is 16.6 Å². The summed E-state index contributed by atoms with van der Waals surface area (Å²) >= 11 is 3.94. The van der Waals surface area contributed by atoms with Crippen molar-refractivity contribution in [3.8, 4) is 10.4 Å². The van der Waals surface area contributed by atoms with Crippen LogP contribution < -0.4 is 0 Å². The molecule has 2 heteroatoms. The van der Waals surface area contributed by atoms with E-state index < -0.39 is 0 Å². The summed E-state index contributed by atoms with van der Waals surface area (Å²) in [5.41, 5.74) is 4.20. The molecule has 2 heterocycles. The van der Waals surface area contributed by atoms with Crippen LogP contribution in [0.2, 0.25) is 0 Å². The van der Waals surface area contributed by atoms with Gasteiger partial charge in [0.15, 0.2) is 0 Å². The fraction of sp³-hybridized carbons (Fsp3) is 0.0588. The van der Waals surface area contributed by atoms with Gasteiger partial charge in [-0.05, 0) is 61.5 Å². The van der Waals surface area contributed by atoms with Crippen LogP contribution in [0.3, 0.4) is 0 Å². The molecule has 0 fully saturated rings. The van der Waals surface area contributed by atoms with Crippen molar-refractivity contribution < 1.29 is 0 Å². The summed E-state index contributed by atoms with van der Waals surface area (Å²) in [5.74, 6) is 0. The first-order chi connectivity index (χ1) is 17.8. The van der Waals surface area contributed by atoms with E-state index in [1.807, 2.05) is 23.1 Å². The first-order valence-electron chi connectivity index (χ1n) is 12.4. The van der Waals surface area contributed by atoms with Crippen molar-refractivity contribution in [2.24, 2.45) is 0 Å². The molecule has 0 spiro atoms. The van der Waals surface area contributed by atoms with Gasteiger partial charge in [0.1, 0.15) is 0 Å². The van der Waals surface area contributed by atoms with Crippen LogP contribution >= 0.6 is 23.1 Å². The summed E-state index contributed by atoms with van der Waals surface area (Å²) in [7, 11) is 0. The summed E-state index contributed by atoms with van der Waals surface area (Å²) in [6, 6.07) is 42.8. The maximum Gasteiger partial charge on any atom is 0.0428 e. The minimum absolute atomic E-state index is 0.505. The van der Waals surface area contributed by atoms with E-state index in [0.29, 0.717) is 5.25 Å². The zero-order valence-electron chi connectivity index (χ0n) is 19.6. The Labute approximate surface area is 218 Å². The first-order valence-corrected chi connectivity index (χ1v) is 14.1. The maximum absolute atomic E-state index is 2.37. The predicted molar refractivity (Wildman–Crippen MR) is 159 cm³/mol. The molecule has 0 bridgehead atoms. The van der Waals surface area contributed by atoms with E-state index in [0.717, 1.165) is 6.42 Å². The van der Waals surface area contributed by atoms with Crippen LogP contribution in [0.1, 0.15) is 16.4 Å². The molecule has 0 N–H and O–H groups in total. The van der Waals surface area contributed by atoms with Gasteiger partial charge in [-0.2, -0.15) is 0 Å². The van der Waals surface area contributed by atoms with Crippen molar-refractivity contribution in [3.05, 3.63) is 126 Å². The highest BCUT2D eigenvalue weighted by Gasteiger charge is 2.25. The van der Waals surface area contributed by atoms with E-state index in [-0.39, 0.29) is 0 Å². The van der Waals surface area contributed by atoms with Gasteiger partial charge in [-0.1, -0.05) is 109 Å². The summed E-state index contributed by atoms with van der Waals surface area (Å²) in [4.78, 5) is 2.79. The Hall–Kier alpha value is -3.59. The van der Waals surface area contributed by atoms with Gasteiger partial charge >= 0.3 is 0 Å². The average Bonchev–Trinajstić information content (AvgIpc) is 3.58. The predicted octanol–water partition coefficient (Wildman–Crippen LogP) is 10.4. The molecular formula is C34H22S2. The van der Waals surface area contributed by atoms with E-state index in [1.54, 1.807) is 0 Å². The summed E-state index contributed by atoms with van der Waals surface area (Å²) in [5, 5.41) is 9.99. The van der Waals surface area contributed by atoms with Gasteiger partial charge in [0.2, 0.25) is 0 Å². The van der Waals surface area contributed by atoms with E-state index in [2.05, 4.69) is 115 Å². The van der Waals surface area contributed by atoms with Crippen LogP contribution in [0.25, 0.3) is 52.8 Å². The van der Waals surface area contributed by atoms with E-state index >= 15 is 0 Å². The lowest BCUT2D eigenvalue weighted by Gasteiger charge is -2.11. The number of rotatable bonds is 2. The highest BCUT2D eigenvalue weighted by molar-refractivity contribution is 8.00. The molecule has 1 atom stereocenters. The normalized spacial score (nSPS) is 15.3. The van der Waals surface area contributed by atoms with Crippen LogP contribution in [0, 0.1) is 0 Å². The monoisotopic (exact) mass is 494 g/mol. The fourth-order valence-corrected chi connectivity index (χ4v) is 8.48. The molecule has 1 aliphatic heterocycles. The SMILES string of the molecule is c1ccc(-c2cc3ccc4c5ccc6c7c(ccc6c5ccc4c3s2)CC(c2ccccc2)S7)cc1. The van der Waals surface area contributed by atoms with Crippen LogP contribution in [-0.2, 0) is 6.42 Å². The molecule has 1 unspecified atom stereocenters. The zero-order chi connectivity index (χ0) is 23.6. The second-order valence-corrected chi connectivity index (χ2v) is 11.9. The average molecular weight is 495 g/mol. The van der Waals surface area contributed by atoms with Crippen LogP contribution in [0.15, 0.2) is 120 Å². The molecule has 36 heavy (non-hydrogen) atoms. The molecule has 7 aromatic rings. The second-order valence-electron chi connectivity index (χ2n) is 9.65. The number of thiophene rings is 1. The van der Waals surface area contributed by atoms with E-state index in [4.69, 9.17) is 0 Å². The van der Waals surface area contributed by atoms with Crippen LogP contribution in [0.4, 0.5) is 0 Å². The molecule has 0 aliphatic carbocycles.